The molecule has 0 unspecified atom stereocenters. The van der Waals surface area contributed by atoms with Crippen LogP contribution in [-0.2, 0) is 25.0 Å². The standard InChI is InChI=1S/Co.Li.3O.H. The zero-order valence-corrected chi connectivity index (χ0v) is 2.60. The fraction of sp³-hybridized carbons (Fsp3) is 0. The molecule has 0 aromatic carbocycles. The molecule has 29 valence electrons. The molecule has 0 saturated heterocycles. The van der Waals surface area contributed by atoms with Gasteiger partial charge in [0.25, 0.3) is 0 Å². The van der Waals surface area contributed by atoms with Gasteiger partial charge in [0, 0.05) is 0 Å². The Morgan fingerprint density at radius 2 is 1.00 bits per heavy atom. The Morgan fingerprint density at radius 1 is 1.00 bits per heavy atom. The predicted octanol–water partition coefficient (Wildman–Crippen LogP) is -1.01. The third-order valence-electron chi connectivity index (χ3n) is 0. The molecule has 0 aromatic rings. The first kappa shape index (κ1) is 9.09. The van der Waals surface area contributed by atoms with Gasteiger partial charge in [-0.15, -0.1) is 0 Å². The summed E-state index contributed by atoms with van der Waals surface area (Å²) in [5, 5.41) is 0. The normalized spacial score (nSPS) is 6.60. The maximum atomic E-state index is 8.48. The van der Waals surface area contributed by atoms with Crippen molar-refractivity contribution in [2.45, 2.75) is 0 Å². The van der Waals surface area contributed by atoms with Crippen molar-refractivity contribution in [3.05, 3.63) is 0 Å². The van der Waals surface area contributed by atoms with Crippen LogP contribution in [0.4, 0.5) is 0 Å². The third-order valence-corrected chi connectivity index (χ3v) is 0. The Labute approximate surface area is 44.3 Å². The Hall–Kier alpha value is 0.504. The van der Waals surface area contributed by atoms with Crippen molar-refractivity contribution >= 4 is 18.9 Å². The molecule has 0 radical (unpaired) electrons. The minimum atomic E-state index is -3.35. The summed E-state index contributed by atoms with van der Waals surface area (Å²) in [6, 6.07) is 0. The average Bonchev–Trinajstić information content (AvgIpc) is 0.811. The second kappa shape index (κ2) is 4.50. The van der Waals surface area contributed by atoms with Gasteiger partial charge in [0.2, 0.25) is 0 Å². The quantitative estimate of drug-likeness (QED) is 0.380. The van der Waals surface area contributed by atoms with Crippen LogP contribution < -0.4 is 0 Å². The van der Waals surface area contributed by atoms with Gasteiger partial charge in [-0.3, -0.25) is 0 Å². The first-order valence-electron chi connectivity index (χ1n) is 0.408. The van der Waals surface area contributed by atoms with Crippen molar-refractivity contribution in [2.24, 2.45) is 0 Å². The number of hydrogen-bond acceptors (Lipinski definition) is 3. The minimum absolute atomic E-state index is 0. The molecule has 5 heteroatoms. The average molecular weight is 115 g/mol. The van der Waals surface area contributed by atoms with Gasteiger partial charge in [0.05, 0.1) is 0 Å². The zero-order chi connectivity index (χ0) is 3.58. The fourth-order valence-corrected chi connectivity index (χ4v) is 0. The van der Waals surface area contributed by atoms with E-state index >= 15 is 0 Å². The summed E-state index contributed by atoms with van der Waals surface area (Å²) in [4.78, 5) is 0. The van der Waals surface area contributed by atoms with Crippen LogP contribution in [0.15, 0.2) is 0 Å². The molecule has 0 heterocycles. The van der Waals surface area contributed by atoms with Crippen molar-refractivity contribution < 1.29 is 25.0 Å². The van der Waals surface area contributed by atoms with E-state index in [1.165, 1.54) is 0 Å². The van der Waals surface area contributed by atoms with E-state index in [1.54, 1.807) is 0 Å². The number of hydrogen-bond donors (Lipinski definition) is 0. The molecular formula is HCoLiO3. The van der Waals surface area contributed by atoms with Crippen LogP contribution >= 0.6 is 0 Å². The third kappa shape index (κ3) is 111. The van der Waals surface area contributed by atoms with E-state index in [-0.39, 0.29) is 18.9 Å². The monoisotopic (exact) mass is 115 g/mol. The first-order chi connectivity index (χ1) is 1.73. The molecule has 0 atom stereocenters. The molecule has 3 nitrogen and oxygen atoms in total. The summed E-state index contributed by atoms with van der Waals surface area (Å²) < 4.78 is 25.4. The van der Waals surface area contributed by atoms with Crippen LogP contribution in [0.5, 0.6) is 0 Å². The van der Waals surface area contributed by atoms with Crippen molar-refractivity contribution in [2.75, 3.05) is 0 Å². The summed E-state index contributed by atoms with van der Waals surface area (Å²) >= 11 is -3.35. The Morgan fingerprint density at radius 3 is 1.00 bits per heavy atom. The van der Waals surface area contributed by atoms with E-state index in [1.807, 2.05) is 0 Å². The van der Waals surface area contributed by atoms with E-state index in [9.17, 15) is 0 Å². The summed E-state index contributed by atoms with van der Waals surface area (Å²) in [6.45, 7) is 0. The maximum absolute atomic E-state index is 8.48. The molecule has 0 spiro atoms. The summed E-state index contributed by atoms with van der Waals surface area (Å²) in [5.41, 5.74) is 0. The zero-order valence-electron chi connectivity index (χ0n) is 1.56. The van der Waals surface area contributed by atoms with Crippen LogP contribution in [0.1, 0.15) is 0 Å². The van der Waals surface area contributed by atoms with Gasteiger partial charge in [-0.2, -0.15) is 0 Å². The first-order valence-corrected chi connectivity index (χ1v) is 1.68. The van der Waals surface area contributed by atoms with Crippen molar-refractivity contribution in [1.82, 2.24) is 0 Å². The van der Waals surface area contributed by atoms with E-state index in [2.05, 4.69) is 0 Å². The SMILES string of the molecule is [LiH].[O]=[Co](=[O])=[O]. The summed E-state index contributed by atoms with van der Waals surface area (Å²) in [7, 11) is 0. The molecule has 5 heavy (non-hydrogen) atoms. The molecule has 0 aromatic heterocycles. The van der Waals surface area contributed by atoms with Gasteiger partial charge in [0.15, 0.2) is 0 Å². The van der Waals surface area contributed by atoms with E-state index < -0.39 is 13.4 Å². The van der Waals surface area contributed by atoms with Crippen LogP contribution in [0.25, 0.3) is 0 Å². The molecule has 0 N–H and O–H groups in total. The Bertz CT molecular complexity index is 76.3. The Kier molecular flexibility index (Phi) is 8.19. The van der Waals surface area contributed by atoms with Crippen LogP contribution in [0.2, 0.25) is 0 Å². The molecule has 0 aliphatic heterocycles. The molecule has 0 bridgehead atoms. The molecule has 0 aliphatic carbocycles. The van der Waals surface area contributed by atoms with E-state index in [4.69, 9.17) is 11.6 Å². The van der Waals surface area contributed by atoms with Crippen LogP contribution in [0, 0.1) is 0 Å². The van der Waals surface area contributed by atoms with Gasteiger partial charge in [-0.25, -0.2) is 0 Å². The van der Waals surface area contributed by atoms with Crippen LogP contribution in [0.3, 0.4) is 0 Å². The van der Waals surface area contributed by atoms with Gasteiger partial charge in [-0.05, 0) is 0 Å². The second-order valence-corrected chi connectivity index (χ2v) is 0.687. The summed E-state index contributed by atoms with van der Waals surface area (Å²) in [5.74, 6) is 0. The van der Waals surface area contributed by atoms with E-state index in [0.717, 1.165) is 0 Å². The number of rotatable bonds is 0. The molecule has 0 amide bonds. The topological polar surface area (TPSA) is 51.2 Å². The van der Waals surface area contributed by atoms with Crippen molar-refractivity contribution in [3.63, 3.8) is 0 Å². The Balaban J connectivity index is 0. The van der Waals surface area contributed by atoms with Gasteiger partial charge in [0.1, 0.15) is 0 Å². The van der Waals surface area contributed by atoms with Gasteiger partial charge >= 0.3 is 43.9 Å². The van der Waals surface area contributed by atoms with Crippen molar-refractivity contribution in [1.29, 1.82) is 0 Å². The second-order valence-electron chi connectivity index (χ2n) is 0.167. The fourth-order valence-electron chi connectivity index (χ4n) is 0. The van der Waals surface area contributed by atoms with Crippen molar-refractivity contribution in [3.8, 4) is 0 Å². The summed E-state index contributed by atoms with van der Waals surface area (Å²) in [6.07, 6.45) is 0. The molecule has 0 aliphatic rings. The predicted molar refractivity (Wildman–Crippen MR) is 9.21 cm³/mol. The molecule has 0 fully saturated rings. The molecule has 0 saturated carbocycles. The van der Waals surface area contributed by atoms with E-state index in [0.29, 0.717) is 0 Å². The molecule has 0 rings (SSSR count). The van der Waals surface area contributed by atoms with Gasteiger partial charge in [-0.1, -0.05) is 0 Å². The van der Waals surface area contributed by atoms with Gasteiger partial charge < -0.3 is 0 Å². The van der Waals surface area contributed by atoms with Crippen LogP contribution in [-0.4, -0.2) is 18.9 Å². The molecular weight excluding hydrogens is 114 g/mol.